The summed E-state index contributed by atoms with van der Waals surface area (Å²) in [5.74, 6) is -0.571. The molecule has 0 aliphatic heterocycles. The van der Waals surface area contributed by atoms with Crippen LogP contribution in [0.25, 0.3) is 0 Å². The van der Waals surface area contributed by atoms with Crippen molar-refractivity contribution in [3.8, 4) is 5.75 Å². The Morgan fingerprint density at radius 3 is 2.83 bits per heavy atom. The van der Waals surface area contributed by atoms with Gasteiger partial charge in [0.25, 0.3) is 0 Å². The Kier molecular flexibility index (Phi) is 3.62. The van der Waals surface area contributed by atoms with Crippen LogP contribution < -0.4 is 4.74 Å². The molecule has 1 N–H and O–H groups in total. The molecule has 94 valence electrons. The van der Waals surface area contributed by atoms with Gasteiger partial charge in [0.1, 0.15) is 17.9 Å². The lowest BCUT2D eigenvalue weighted by Gasteiger charge is -2.10. The van der Waals surface area contributed by atoms with Gasteiger partial charge in [0.2, 0.25) is 0 Å². The fourth-order valence-corrected chi connectivity index (χ4v) is 2.23. The molecule has 4 nitrogen and oxygen atoms in total. The molecule has 0 saturated heterocycles. The monoisotopic (exact) mass is 263 g/mol. The van der Waals surface area contributed by atoms with Crippen molar-refractivity contribution < 1.29 is 14.6 Å². The average molecular weight is 263 g/mol. The van der Waals surface area contributed by atoms with E-state index in [0.717, 1.165) is 16.3 Å². The summed E-state index contributed by atoms with van der Waals surface area (Å²) in [5, 5.41) is 12.0. The normalized spacial score (nSPS) is 10.3. The van der Waals surface area contributed by atoms with Gasteiger partial charge < -0.3 is 9.84 Å². The summed E-state index contributed by atoms with van der Waals surface area (Å²) in [7, 11) is 0. The van der Waals surface area contributed by atoms with Crippen LogP contribution in [0.15, 0.2) is 23.6 Å². The standard InChI is InChI=1S/C13H13NO3S/c1-8-4-3-5-11(13(15)16)12(8)17-6-10-7-18-9(2)14-10/h3-5,7H,6H2,1-2H3,(H,15,16). The van der Waals surface area contributed by atoms with Crippen LogP contribution in [-0.2, 0) is 6.61 Å². The quantitative estimate of drug-likeness (QED) is 0.921. The highest BCUT2D eigenvalue weighted by atomic mass is 32.1. The number of para-hydroxylation sites is 1. The average Bonchev–Trinajstić information content (AvgIpc) is 2.73. The van der Waals surface area contributed by atoms with E-state index in [0.29, 0.717) is 5.75 Å². The molecule has 0 bridgehead atoms. The van der Waals surface area contributed by atoms with Gasteiger partial charge in [-0.1, -0.05) is 12.1 Å². The van der Waals surface area contributed by atoms with Crippen molar-refractivity contribution in [3.63, 3.8) is 0 Å². The minimum atomic E-state index is -0.983. The van der Waals surface area contributed by atoms with Crippen molar-refractivity contribution in [2.45, 2.75) is 20.5 Å². The lowest BCUT2D eigenvalue weighted by atomic mass is 10.1. The van der Waals surface area contributed by atoms with Gasteiger partial charge in [0.05, 0.1) is 10.7 Å². The molecule has 1 heterocycles. The Bertz CT molecular complexity index is 577. The molecule has 2 rings (SSSR count). The van der Waals surface area contributed by atoms with Crippen molar-refractivity contribution in [1.29, 1.82) is 0 Å². The predicted molar refractivity (Wildman–Crippen MR) is 69.3 cm³/mol. The first-order chi connectivity index (χ1) is 8.58. The number of hydrogen-bond donors (Lipinski definition) is 1. The Morgan fingerprint density at radius 2 is 2.22 bits per heavy atom. The van der Waals surface area contributed by atoms with Gasteiger partial charge in [-0.3, -0.25) is 0 Å². The van der Waals surface area contributed by atoms with E-state index >= 15 is 0 Å². The number of thiazole rings is 1. The number of aromatic nitrogens is 1. The van der Waals surface area contributed by atoms with Crippen molar-refractivity contribution >= 4 is 17.3 Å². The van der Waals surface area contributed by atoms with Crippen molar-refractivity contribution in [2.75, 3.05) is 0 Å². The van der Waals surface area contributed by atoms with E-state index in [1.165, 1.54) is 6.07 Å². The number of aryl methyl sites for hydroxylation is 2. The second-order valence-corrected chi connectivity index (χ2v) is 4.97. The minimum absolute atomic E-state index is 0.182. The van der Waals surface area contributed by atoms with E-state index in [9.17, 15) is 4.79 Å². The van der Waals surface area contributed by atoms with Crippen LogP contribution in [0.1, 0.15) is 26.6 Å². The molecule has 0 aliphatic rings. The molecular weight excluding hydrogens is 250 g/mol. The van der Waals surface area contributed by atoms with Gasteiger partial charge in [0, 0.05) is 5.38 Å². The van der Waals surface area contributed by atoms with Crippen LogP contribution in [0.3, 0.4) is 0 Å². The maximum absolute atomic E-state index is 11.1. The molecular formula is C13H13NO3S. The van der Waals surface area contributed by atoms with E-state index < -0.39 is 5.97 Å². The Hall–Kier alpha value is -1.88. The number of carbonyl (C=O) groups is 1. The zero-order valence-corrected chi connectivity index (χ0v) is 11.0. The number of carboxylic acid groups (broad SMARTS) is 1. The Labute approximate surface area is 109 Å². The van der Waals surface area contributed by atoms with Gasteiger partial charge in [-0.15, -0.1) is 11.3 Å². The van der Waals surface area contributed by atoms with Crippen LogP contribution in [0.4, 0.5) is 0 Å². The lowest BCUT2D eigenvalue weighted by Crippen LogP contribution is -2.05. The number of hydrogen-bond acceptors (Lipinski definition) is 4. The minimum Gasteiger partial charge on any atom is -0.486 e. The highest BCUT2D eigenvalue weighted by molar-refractivity contribution is 7.09. The topological polar surface area (TPSA) is 59.4 Å². The van der Waals surface area contributed by atoms with E-state index in [2.05, 4.69) is 4.98 Å². The van der Waals surface area contributed by atoms with Crippen LogP contribution in [-0.4, -0.2) is 16.1 Å². The summed E-state index contributed by atoms with van der Waals surface area (Å²) >= 11 is 1.55. The van der Waals surface area contributed by atoms with E-state index in [1.807, 2.05) is 25.3 Å². The van der Waals surface area contributed by atoms with Gasteiger partial charge in [-0.25, -0.2) is 9.78 Å². The number of aromatic carboxylic acids is 1. The van der Waals surface area contributed by atoms with Crippen LogP contribution in [0.2, 0.25) is 0 Å². The summed E-state index contributed by atoms with van der Waals surface area (Å²) in [6.07, 6.45) is 0. The van der Waals surface area contributed by atoms with Gasteiger partial charge >= 0.3 is 5.97 Å². The van der Waals surface area contributed by atoms with Gasteiger partial charge in [0.15, 0.2) is 0 Å². The molecule has 0 spiro atoms. The molecule has 0 unspecified atom stereocenters. The number of nitrogens with zero attached hydrogens (tertiary/aromatic N) is 1. The number of carboxylic acids is 1. The Balaban J connectivity index is 2.20. The molecule has 0 atom stereocenters. The third-order valence-electron chi connectivity index (χ3n) is 2.47. The van der Waals surface area contributed by atoms with Crippen LogP contribution in [0.5, 0.6) is 5.75 Å². The van der Waals surface area contributed by atoms with E-state index in [4.69, 9.17) is 9.84 Å². The molecule has 0 radical (unpaired) electrons. The molecule has 0 fully saturated rings. The first kappa shape index (κ1) is 12.6. The highest BCUT2D eigenvalue weighted by Gasteiger charge is 2.13. The molecule has 5 heteroatoms. The zero-order chi connectivity index (χ0) is 13.1. The van der Waals surface area contributed by atoms with Gasteiger partial charge in [-0.2, -0.15) is 0 Å². The van der Waals surface area contributed by atoms with Crippen LogP contribution in [0, 0.1) is 13.8 Å². The Morgan fingerprint density at radius 1 is 1.44 bits per heavy atom. The second kappa shape index (κ2) is 5.18. The van der Waals surface area contributed by atoms with E-state index in [1.54, 1.807) is 17.4 Å². The maximum atomic E-state index is 11.1. The fourth-order valence-electron chi connectivity index (χ4n) is 1.63. The van der Waals surface area contributed by atoms with Crippen LogP contribution >= 0.6 is 11.3 Å². The van der Waals surface area contributed by atoms with E-state index in [-0.39, 0.29) is 12.2 Å². The second-order valence-electron chi connectivity index (χ2n) is 3.90. The van der Waals surface area contributed by atoms with Gasteiger partial charge in [-0.05, 0) is 25.5 Å². The highest BCUT2D eigenvalue weighted by Crippen LogP contribution is 2.24. The predicted octanol–water partition coefficient (Wildman–Crippen LogP) is 3.04. The largest absolute Gasteiger partial charge is 0.486 e. The molecule has 0 saturated carbocycles. The first-order valence-electron chi connectivity index (χ1n) is 5.44. The first-order valence-corrected chi connectivity index (χ1v) is 6.32. The fraction of sp³-hybridized carbons (Fsp3) is 0.231. The number of ether oxygens (including phenoxy) is 1. The molecule has 1 aromatic heterocycles. The molecule has 2 aromatic rings. The van der Waals surface area contributed by atoms with Crippen molar-refractivity contribution in [2.24, 2.45) is 0 Å². The summed E-state index contributed by atoms with van der Waals surface area (Å²) < 4.78 is 5.59. The third-order valence-corrected chi connectivity index (χ3v) is 3.30. The summed E-state index contributed by atoms with van der Waals surface area (Å²) in [6.45, 7) is 4.04. The SMILES string of the molecule is Cc1nc(COc2c(C)cccc2C(=O)O)cs1. The third kappa shape index (κ3) is 2.68. The van der Waals surface area contributed by atoms with Crippen molar-refractivity contribution in [1.82, 2.24) is 4.98 Å². The maximum Gasteiger partial charge on any atom is 0.339 e. The molecule has 0 aliphatic carbocycles. The molecule has 1 aromatic carbocycles. The summed E-state index contributed by atoms with van der Waals surface area (Å²) in [6, 6.07) is 5.07. The molecule has 18 heavy (non-hydrogen) atoms. The number of rotatable bonds is 4. The zero-order valence-electron chi connectivity index (χ0n) is 10.1. The lowest BCUT2D eigenvalue weighted by molar-refractivity contribution is 0.0691. The summed E-state index contributed by atoms with van der Waals surface area (Å²) in [5.41, 5.74) is 1.81. The van der Waals surface area contributed by atoms with Crippen molar-refractivity contribution in [3.05, 3.63) is 45.4 Å². The smallest absolute Gasteiger partial charge is 0.339 e. The molecule has 0 amide bonds. The summed E-state index contributed by atoms with van der Waals surface area (Å²) in [4.78, 5) is 15.4. The number of benzene rings is 1.